The summed E-state index contributed by atoms with van der Waals surface area (Å²) >= 11 is 0. The first-order valence-corrected chi connectivity index (χ1v) is 8.06. The van der Waals surface area contributed by atoms with Gasteiger partial charge in [-0.2, -0.15) is 0 Å². The third-order valence-corrected chi connectivity index (χ3v) is 3.96. The smallest absolute Gasteiger partial charge is 0.135 e. The predicted octanol–water partition coefficient (Wildman–Crippen LogP) is 4.76. The van der Waals surface area contributed by atoms with Crippen molar-refractivity contribution < 1.29 is 0 Å². The predicted molar refractivity (Wildman–Crippen MR) is 99.7 cm³/mol. The van der Waals surface area contributed by atoms with Crippen molar-refractivity contribution in [2.45, 2.75) is 27.3 Å². The highest BCUT2D eigenvalue weighted by atomic mass is 15.1. The van der Waals surface area contributed by atoms with Crippen LogP contribution in [0.1, 0.15) is 22.3 Å². The average molecular weight is 318 g/mol. The molecule has 0 fully saturated rings. The molecule has 4 nitrogen and oxygen atoms in total. The van der Waals surface area contributed by atoms with Gasteiger partial charge in [0.25, 0.3) is 0 Å². The van der Waals surface area contributed by atoms with E-state index in [4.69, 9.17) is 0 Å². The van der Waals surface area contributed by atoms with Gasteiger partial charge < -0.3 is 10.6 Å². The molecule has 0 spiro atoms. The summed E-state index contributed by atoms with van der Waals surface area (Å²) in [5.41, 5.74) is 5.99. The molecule has 0 saturated carbocycles. The van der Waals surface area contributed by atoms with Crippen LogP contribution in [0, 0.1) is 20.8 Å². The van der Waals surface area contributed by atoms with Gasteiger partial charge in [-0.05, 0) is 37.5 Å². The molecule has 2 aromatic carbocycles. The summed E-state index contributed by atoms with van der Waals surface area (Å²) in [7, 11) is 0. The van der Waals surface area contributed by atoms with E-state index in [1.54, 1.807) is 6.33 Å². The van der Waals surface area contributed by atoms with Crippen molar-refractivity contribution in [2.24, 2.45) is 0 Å². The Balaban J connectivity index is 1.72. The number of benzene rings is 2. The highest BCUT2D eigenvalue weighted by molar-refractivity contribution is 5.65. The van der Waals surface area contributed by atoms with E-state index in [1.807, 2.05) is 6.07 Å². The monoisotopic (exact) mass is 318 g/mol. The van der Waals surface area contributed by atoms with Crippen molar-refractivity contribution in [3.8, 4) is 0 Å². The maximum atomic E-state index is 4.32. The lowest BCUT2D eigenvalue weighted by atomic mass is 10.1. The zero-order valence-electron chi connectivity index (χ0n) is 14.3. The van der Waals surface area contributed by atoms with Crippen molar-refractivity contribution in [3.63, 3.8) is 0 Å². The van der Waals surface area contributed by atoms with Crippen molar-refractivity contribution >= 4 is 17.3 Å². The number of hydrogen-bond acceptors (Lipinski definition) is 4. The van der Waals surface area contributed by atoms with Crippen molar-refractivity contribution in [3.05, 3.63) is 77.1 Å². The second-order valence-electron chi connectivity index (χ2n) is 6.02. The van der Waals surface area contributed by atoms with E-state index in [0.29, 0.717) is 0 Å². The van der Waals surface area contributed by atoms with Crippen LogP contribution in [0.5, 0.6) is 0 Å². The van der Waals surface area contributed by atoms with Gasteiger partial charge >= 0.3 is 0 Å². The Kier molecular flexibility index (Phi) is 4.75. The summed E-state index contributed by atoms with van der Waals surface area (Å²) < 4.78 is 0. The quantitative estimate of drug-likeness (QED) is 0.712. The van der Waals surface area contributed by atoms with E-state index in [2.05, 4.69) is 83.8 Å². The van der Waals surface area contributed by atoms with Crippen molar-refractivity contribution in [1.82, 2.24) is 9.97 Å². The SMILES string of the molecule is Cc1cccc(CNc2cc(Nc3c(C)cccc3C)ncn2)c1. The van der Waals surface area contributed by atoms with Crippen LogP contribution in [-0.4, -0.2) is 9.97 Å². The molecule has 24 heavy (non-hydrogen) atoms. The molecule has 0 atom stereocenters. The molecule has 4 heteroatoms. The van der Waals surface area contributed by atoms with Crippen LogP contribution >= 0.6 is 0 Å². The number of para-hydroxylation sites is 1. The largest absolute Gasteiger partial charge is 0.366 e. The van der Waals surface area contributed by atoms with Gasteiger partial charge in [-0.1, -0.05) is 48.0 Å². The summed E-state index contributed by atoms with van der Waals surface area (Å²) in [6.07, 6.45) is 1.58. The molecule has 122 valence electrons. The fraction of sp³-hybridized carbons (Fsp3) is 0.200. The molecular weight excluding hydrogens is 296 g/mol. The lowest BCUT2D eigenvalue weighted by Crippen LogP contribution is -2.04. The van der Waals surface area contributed by atoms with Crippen LogP contribution in [0.25, 0.3) is 0 Å². The number of hydrogen-bond donors (Lipinski definition) is 2. The van der Waals surface area contributed by atoms with Crippen LogP contribution in [-0.2, 0) is 6.54 Å². The molecule has 0 bridgehead atoms. The number of aromatic nitrogens is 2. The lowest BCUT2D eigenvalue weighted by molar-refractivity contribution is 1.08. The average Bonchev–Trinajstić information content (AvgIpc) is 2.57. The molecule has 3 aromatic rings. The van der Waals surface area contributed by atoms with Gasteiger partial charge in [0, 0.05) is 18.3 Å². The minimum atomic E-state index is 0.738. The van der Waals surface area contributed by atoms with Crippen LogP contribution < -0.4 is 10.6 Å². The molecule has 0 aliphatic rings. The molecule has 0 aliphatic heterocycles. The van der Waals surface area contributed by atoms with Gasteiger partial charge in [-0.3, -0.25) is 0 Å². The molecule has 0 radical (unpaired) electrons. The Hall–Kier alpha value is -2.88. The van der Waals surface area contributed by atoms with Crippen LogP contribution in [0.2, 0.25) is 0 Å². The van der Waals surface area contributed by atoms with Gasteiger partial charge in [-0.15, -0.1) is 0 Å². The standard InChI is InChI=1S/C20H22N4/c1-14-6-4-9-17(10-14)12-21-18-11-19(23-13-22-18)24-20-15(2)7-5-8-16(20)3/h4-11,13H,12H2,1-3H3,(H2,21,22,23,24). The fourth-order valence-electron chi connectivity index (χ4n) is 2.68. The first-order valence-electron chi connectivity index (χ1n) is 8.06. The van der Waals surface area contributed by atoms with Gasteiger partial charge in [0.1, 0.15) is 18.0 Å². The first kappa shape index (κ1) is 16.0. The summed E-state index contributed by atoms with van der Waals surface area (Å²) in [6, 6.07) is 16.6. The second-order valence-corrected chi connectivity index (χ2v) is 6.02. The minimum Gasteiger partial charge on any atom is -0.366 e. The number of nitrogens with one attached hydrogen (secondary N) is 2. The molecule has 1 aromatic heterocycles. The Morgan fingerprint density at radius 1 is 0.833 bits per heavy atom. The fourth-order valence-corrected chi connectivity index (χ4v) is 2.68. The highest BCUT2D eigenvalue weighted by Crippen LogP contribution is 2.24. The zero-order valence-corrected chi connectivity index (χ0v) is 14.3. The zero-order chi connectivity index (χ0) is 16.9. The summed E-state index contributed by atoms with van der Waals surface area (Å²) in [5, 5.41) is 6.75. The van der Waals surface area contributed by atoms with Crippen LogP contribution in [0.4, 0.5) is 17.3 Å². The third kappa shape index (κ3) is 3.90. The maximum Gasteiger partial charge on any atom is 0.135 e. The van der Waals surface area contributed by atoms with E-state index >= 15 is 0 Å². The normalized spacial score (nSPS) is 10.5. The Bertz CT molecular complexity index is 822. The van der Waals surface area contributed by atoms with Crippen molar-refractivity contribution in [1.29, 1.82) is 0 Å². The molecule has 0 amide bonds. The van der Waals surface area contributed by atoms with E-state index in [9.17, 15) is 0 Å². The molecular formula is C20H22N4. The number of aryl methyl sites for hydroxylation is 3. The van der Waals surface area contributed by atoms with Crippen LogP contribution in [0.3, 0.4) is 0 Å². The van der Waals surface area contributed by atoms with E-state index in [0.717, 1.165) is 23.9 Å². The number of nitrogens with zero attached hydrogens (tertiary/aromatic N) is 2. The third-order valence-electron chi connectivity index (χ3n) is 3.96. The number of rotatable bonds is 5. The Morgan fingerprint density at radius 2 is 1.54 bits per heavy atom. The molecule has 0 unspecified atom stereocenters. The molecule has 0 saturated heterocycles. The highest BCUT2D eigenvalue weighted by Gasteiger charge is 2.05. The lowest BCUT2D eigenvalue weighted by Gasteiger charge is -2.13. The van der Waals surface area contributed by atoms with Gasteiger partial charge in [0.2, 0.25) is 0 Å². The van der Waals surface area contributed by atoms with Gasteiger partial charge in [-0.25, -0.2) is 9.97 Å². The number of anilines is 3. The summed E-state index contributed by atoms with van der Waals surface area (Å²) in [6.45, 7) is 7.02. The topological polar surface area (TPSA) is 49.8 Å². The molecule has 1 heterocycles. The molecule has 3 rings (SSSR count). The van der Waals surface area contributed by atoms with E-state index in [1.165, 1.54) is 22.3 Å². The van der Waals surface area contributed by atoms with Gasteiger partial charge in [0.15, 0.2) is 0 Å². The summed E-state index contributed by atoms with van der Waals surface area (Å²) in [5.74, 6) is 1.59. The Morgan fingerprint density at radius 3 is 2.29 bits per heavy atom. The van der Waals surface area contributed by atoms with Crippen LogP contribution in [0.15, 0.2) is 54.9 Å². The minimum absolute atomic E-state index is 0.738. The summed E-state index contributed by atoms with van der Waals surface area (Å²) in [4.78, 5) is 8.62. The molecule has 2 N–H and O–H groups in total. The van der Waals surface area contributed by atoms with Crippen molar-refractivity contribution in [2.75, 3.05) is 10.6 Å². The van der Waals surface area contributed by atoms with E-state index in [-0.39, 0.29) is 0 Å². The van der Waals surface area contributed by atoms with E-state index < -0.39 is 0 Å². The maximum absolute atomic E-state index is 4.32. The van der Waals surface area contributed by atoms with Gasteiger partial charge in [0.05, 0.1) is 0 Å². The molecule has 0 aliphatic carbocycles. The second kappa shape index (κ2) is 7.13. The Labute approximate surface area is 143 Å². The first-order chi connectivity index (χ1) is 11.6.